The summed E-state index contributed by atoms with van der Waals surface area (Å²) >= 11 is 1.41. The summed E-state index contributed by atoms with van der Waals surface area (Å²) in [6.45, 7) is 9.44. The quantitative estimate of drug-likeness (QED) is 0.152. The van der Waals surface area contributed by atoms with E-state index in [1.807, 2.05) is 74.5 Å². The summed E-state index contributed by atoms with van der Waals surface area (Å²) < 4.78 is 11.0. The molecular weight excluding hydrogens is 669 g/mol. The van der Waals surface area contributed by atoms with Crippen molar-refractivity contribution in [3.05, 3.63) is 88.4 Å². The molecule has 1 heterocycles. The number of amides is 5. The van der Waals surface area contributed by atoms with E-state index in [1.165, 1.54) is 21.1 Å². The van der Waals surface area contributed by atoms with Crippen LogP contribution < -0.4 is 16.0 Å². The number of aromatic nitrogens is 1. The third-order valence-electron chi connectivity index (χ3n) is 8.18. The van der Waals surface area contributed by atoms with Crippen molar-refractivity contribution in [2.24, 2.45) is 0 Å². The van der Waals surface area contributed by atoms with Gasteiger partial charge >= 0.3 is 18.2 Å². The van der Waals surface area contributed by atoms with Crippen molar-refractivity contribution < 1.29 is 28.7 Å². The number of nitrogens with one attached hydrogen (secondary N) is 3. The van der Waals surface area contributed by atoms with Crippen LogP contribution in [0.5, 0.6) is 0 Å². The number of hydrogen-bond donors (Lipinski definition) is 3. The molecule has 3 N–H and O–H groups in total. The van der Waals surface area contributed by atoms with Crippen LogP contribution in [0.15, 0.2) is 72.4 Å². The summed E-state index contributed by atoms with van der Waals surface area (Å²) in [6.07, 6.45) is 2.96. The molecular formula is C38H54N6O6S. The van der Waals surface area contributed by atoms with Gasteiger partial charge < -0.3 is 35.2 Å². The smallest absolute Gasteiger partial charge is 0.410 e. The fourth-order valence-electron chi connectivity index (χ4n) is 5.12. The van der Waals surface area contributed by atoms with Gasteiger partial charge in [-0.1, -0.05) is 60.7 Å². The lowest BCUT2D eigenvalue weighted by Crippen LogP contribution is -2.54. The Morgan fingerprint density at radius 1 is 0.824 bits per heavy atom. The number of carbonyl (C=O) groups excluding carboxylic acids is 4. The predicted octanol–water partition coefficient (Wildman–Crippen LogP) is 6.16. The fourth-order valence-corrected chi connectivity index (χ4v) is 5.62. The van der Waals surface area contributed by atoms with Crippen molar-refractivity contribution in [3.63, 3.8) is 0 Å². The molecule has 12 nitrogen and oxygen atoms in total. The number of thiazole rings is 1. The van der Waals surface area contributed by atoms with Crippen LogP contribution in [-0.2, 0) is 33.7 Å². The molecule has 5 amide bonds. The first-order valence-electron chi connectivity index (χ1n) is 17.4. The zero-order valence-corrected chi connectivity index (χ0v) is 31.7. The number of hydrogen-bond acceptors (Lipinski definition) is 8. The molecule has 0 aliphatic heterocycles. The number of benzene rings is 2. The fraction of sp³-hybridized carbons (Fsp3) is 0.500. The Labute approximate surface area is 306 Å². The normalized spacial score (nSPS) is 13.0. The molecule has 0 saturated carbocycles. The number of urea groups is 1. The van der Waals surface area contributed by atoms with Crippen LogP contribution in [0.25, 0.3) is 0 Å². The van der Waals surface area contributed by atoms with E-state index in [9.17, 15) is 19.2 Å². The molecule has 3 aromatic rings. The monoisotopic (exact) mass is 722 g/mol. The van der Waals surface area contributed by atoms with E-state index in [1.54, 1.807) is 46.6 Å². The molecule has 1 aromatic heterocycles. The van der Waals surface area contributed by atoms with Gasteiger partial charge in [-0.2, -0.15) is 0 Å². The molecule has 3 rings (SSSR count). The number of ether oxygens (including phenoxy) is 2. The zero-order chi connectivity index (χ0) is 37.4. The van der Waals surface area contributed by atoms with Crippen molar-refractivity contribution in [3.8, 4) is 0 Å². The highest BCUT2D eigenvalue weighted by Gasteiger charge is 2.28. The number of alkyl carbamates (subject to hydrolysis) is 1. The topological polar surface area (TPSA) is 142 Å². The first-order valence-corrected chi connectivity index (χ1v) is 18.2. The van der Waals surface area contributed by atoms with Crippen LogP contribution in [-0.4, -0.2) is 89.3 Å². The lowest BCUT2D eigenvalue weighted by atomic mass is 9.95. The number of carbonyl (C=O) groups is 4. The van der Waals surface area contributed by atoms with Crippen LogP contribution in [0.4, 0.5) is 14.4 Å². The van der Waals surface area contributed by atoms with E-state index < -0.39 is 29.9 Å². The van der Waals surface area contributed by atoms with Gasteiger partial charge in [0.25, 0.3) is 0 Å². The molecule has 13 heteroatoms. The van der Waals surface area contributed by atoms with Crippen LogP contribution in [0.2, 0.25) is 0 Å². The van der Waals surface area contributed by atoms with Gasteiger partial charge in [-0.15, -0.1) is 11.3 Å². The second-order valence-electron chi connectivity index (χ2n) is 13.9. The van der Waals surface area contributed by atoms with Gasteiger partial charge in [0.15, 0.2) is 0 Å². The average molecular weight is 723 g/mol. The summed E-state index contributed by atoms with van der Waals surface area (Å²) in [6, 6.07) is 17.7. The number of rotatable bonds is 17. The molecule has 0 aliphatic rings. The van der Waals surface area contributed by atoms with Crippen LogP contribution in [0.3, 0.4) is 0 Å². The summed E-state index contributed by atoms with van der Waals surface area (Å²) in [5, 5.41) is 9.10. The maximum absolute atomic E-state index is 14.0. The molecule has 51 heavy (non-hydrogen) atoms. The van der Waals surface area contributed by atoms with Gasteiger partial charge in [0.1, 0.15) is 18.2 Å². The lowest BCUT2D eigenvalue weighted by molar-refractivity contribution is -0.124. The van der Waals surface area contributed by atoms with E-state index >= 15 is 0 Å². The van der Waals surface area contributed by atoms with Gasteiger partial charge in [-0.3, -0.25) is 9.78 Å². The SMILES string of the molecule is CC(C)N(C)C(=O)NC(CCN(C)C(=O)OC(C)(C)C)C(=O)NC(CCC(Cc1ccccc1)NC(=O)OCc1cncs1)Cc1ccccc1. The highest BCUT2D eigenvalue weighted by molar-refractivity contribution is 7.09. The van der Waals surface area contributed by atoms with Crippen molar-refractivity contribution in [1.82, 2.24) is 30.7 Å². The minimum atomic E-state index is -0.929. The van der Waals surface area contributed by atoms with Crippen molar-refractivity contribution in [2.45, 2.75) is 103 Å². The first-order chi connectivity index (χ1) is 24.2. The van der Waals surface area contributed by atoms with Crippen LogP contribution >= 0.6 is 11.3 Å². The van der Waals surface area contributed by atoms with Gasteiger partial charge in [0.2, 0.25) is 5.91 Å². The summed E-state index contributed by atoms with van der Waals surface area (Å²) in [7, 11) is 3.27. The maximum atomic E-state index is 14.0. The molecule has 0 fully saturated rings. The molecule has 0 saturated heterocycles. The summed E-state index contributed by atoms with van der Waals surface area (Å²) in [5.74, 6) is -0.365. The Kier molecular flexibility index (Phi) is 16.2. The summed E-state index contributed by atoms with van der Waals surface area (Å²) in [5.41, 5.74) is 3.10. The molecule has 0 radical (unpaired) electrons. The third kappa shape index (κ3) is 15.4. The molecule has 2 aromatic carbocycles. The minimum absolute atomic E-state index is 0.0910. The average Bonchev–Trinajstić information content (AvgIpc) is 3.61. The predicted molar refractivity (Wildman–Crippen MR) is 199 cm³/mol. The van der Waals surface area contributed by atoms with Crippen LogP contribution in [0, 0.1) is 0 Å². The highest BCUT2D eigenvalue weighted by atomic mass is 32.1. The minimum Gasteiger partial charge on any atom is -0.444 e. The Bertz CT molecular complexity index is 1500. The Hall–Kier alpha value is -4.65. The Morgan fingerprint density at radius 3 is 1.90 bits per heavy atom. The van der Waals surface area contributed by atoms with E-state index in [2.05, 4.69) is 20.9 Å². The van der Waals surface area contributed by atoms with E-state index in [0.29, 0.717) is 25.7 Å². The largest absolute Gasteiger partial charge is 0.444 e. The highest BCUT2D eigenvalue weighted by Crippen LogP contribution is 2.15. The second-order valence-corrected chi connectivity index (χ2v) is 14.9. The lowest BCUT2D eigenvalue weighted by Gasteiger charge is -2.29. The van der Waals surface area contributed by atoms with Gasteiger partial charge in [-0.05, 0) is 77.8 Å². The van der Waals surface area contributed by atoms with Gasteiger partial charge in [0, 0.05) is 45.0 Å². The van der Waals surface area contributed by atoms with Crippen molar-refractivity contribution in [2.75, 3.05) is 20.6 Å². The molecule has 0 bridgehead atoms. The third-order valence-corrected chi connectivity index (χ3v) is 8.93. The van der Waals surface area contributed by atoms with E-state index in [4.69, 9.17) is 9.47 Å². The summed E-state index contributed by atoms with van der Waals surface area (Å²) in [4.78, 5) is 60.5. The van der Waals surface area contributed by atoms with E-state index in [0.717, 1.165) is 16.0 Å². The van der Waals surface area contributed by atoms with Crippen molar-refractivity contribution in [1.29, 1.82) is 0 Å². The molecule has 3 atom stereocenters. The Morgan fingerprint density at radius 2 is 1.39 bits per heavy atom. The molecule has 3 unspecified atom stereocenters. The maximum Gasteiger partial charge on any atom is 0.410 e. The second kappa shape index (κ2) is 20.3. The standard InChI is InChI=1S/C38H54N6O6S/c1-27(2)44(7)35(46)42-33(20-21-43(6)37(48)50-38(3,4)5)34(45)40-30(22-28-14-10-8-11-15-28)18-19-31(23-29-16-12-9-13-17-29)41-36(47)49-25-32-24-39-26-51-32/h8-17,24,26-27,30-31,33H,18-23,25H2,1-7H3,(H,40,45)(H,41,47)(H,42,46). The zero-order valence-electron chi connectivity index (χ0n) is 30.9. The van der Waals surface area contributed by atoms with Gasteiger partial charge in [-0.25, -0.2) is 14.4 Å². The molecule has 0 spiro atoms. The molecule has 0 aliphatic carbocycles. The van der Waals surface area contributed by atoms with E-state index in [-0.39, 0.29) is 43.6 Å². The first kappa shape index (κ1) is 40.8. The molecule has 278 valence electrons. The van der Waals surface area contributed by atoms with Crippen LogP contribution in [0.1, 0.15) is 69.9 Å². The van der Waals surface area contributed by atoms with Gasteiger partial charge in [0.05, 0.1) is 10.4 Å². The number of nitrogens with zero attached hydrogens (tertiary/aromatic N) is 3. The Balaban J connectivity index is 1.78. The van der Waals surface area contributed by atoms with Crippen molar-refractivity contribution >= 4 is 35.5 Å².